The van der Waals surface area contributed by atoms with Crippen LogP contribution in [0.1, 0.15) is 12.8 Å². The van der Waals surface area contributed by atoms with E-state index in [0.29, 0.717) is 5.02 Å². The summed E-state index contributed by atoms with van der Waals surface area (Å²) >= 11 is 6.03. The third-order valence-electron chi connectivity index (χ3n) is 3.73. The van der Waals surface area contributed by atoms with Gasteiger partial charge >= 0.3 is 0 Å². The molecule has 0 radical (unpaired) electrons. The number of methoxy groups -OCH3 is 1. The maximum Gasteiger partial charge on any atom is 0.139 e. The molecule has 1 aromatic rings. The van der Waals surface area contributed by atoms with E-state index in [-0.39, 0.29) is 5.60 Å². The van der Waals surface area contributed by atoms with Gasteiger partial charge < -0.3 is 14.4 Å². The molecule has 2 aliphatic rings. The summed E-state index contributed by atoms with van der Waals surface area (Å²) in [5.41, 5.74) is 1.41. The molecule has 0 saturated carbocycles. The highest BCUT2D eigenvalue weighted by molar-refractivity contribution is 6.32. The van der Waals surface area contributed by atoms with E-state index in [2.05, 4.69) is 11.0 Å². The number of halogens is 1. The minimum atomic E-state index is 0.229. The van der Waals surface area contributed by atoms with E-state index in [0.717, 1.165) is 38.3 Å². The van der Waals surface area contributed by atoms with Crippen LogP contribution in [0.4, 0.5) is 5.69 Å². The van der Waals surface area contributed by atoms with Crippen molar-refractivity contribution in [2.75, 3.05) is 31.7 Å². The second-order valence-corrected chi connectivity index (χ2v) is 5.18. The van der Waals surface area contributed by atoms with Gasteiger partial charge in [-0.15, -0.1) is 0 Å². The second kappa shape index (κ2) is 4.07. The van der Waals surface area contributed by atoms with Gasteiger partial charge in [0.15, 0.2) is 0 Å². The van der Waals surface area contributed by atoms with Crippen LogP contribution in [0, 0.1) is 0 Å². The Balaban J connectivity index is 1.75. The van der Waals surface area contributed by atoms with Crippen LogP contribution in [0.25, 0.3) is 0 Å². The van der Waals surface area contributed by atoms with Gasteiger partial charge in [-0.25, -0.2) is 0 Å². The number of benzene rings is 1. The molecule has 3 rings (SSSR count). The van der Waals surface area contributed by atoms with E-state index in [1.54, 1.807) is 7.11 Å². The molecule has 0 bridgehead atoms. The Kier molecular flexibility index (Phi) is 2.68. The van der Waals surface area contributed by atoms with Gasteiger partial charge in [-0.2, -0.15) is 0 Å². The Morgan fingerprint density at radius 2 is 2.06 bits per heavy atom. The van der Waals surface area contributed by atoms with Gasteiger partial charge in [0.1, 0.15) is 5.75 Å². The lowest BCUT2D eigenvalue weighted by atomic mass is 9.97. The lowest BCUT2D eigenvalue weighted by Gasteiger charge is -2.32. The average Bonchev–Trinajstić information content (AvgIpc) is 3.11. The monoisotopic (exact) mass is 253 g/mol. The number of hydrogen-bond acceptors (Lipinski definition) is 3. The summed E-state index contributed by atoms with van der Waals surface area (Å²) in [7, 11) is 1.65. The molecule has 0 aromatic heterocycles. The third kappa shape index (κ3) is 2.09. The Morgan fingerprint density at radius 3 is 2.65 bits per heavy atom. The molecule has 2 aliphatic heterocycles. The molecule has 1 spiro atoms. The summed E-state index contributed by atoms with van der Waals surface area (Å²) in [5, 5.41) is 0.662. The molecule has 3 nitrogen and oxygen atoms in total. The SMILES string of the molecule is COc1cc(N2CCC3(CC2)CO3)ccc1Cl. The first-order valence-electron chi connectivity index (χ1n) is 5.95. The fraction of sp³-hybridized carbons (Fsp3) is 0.538. The van der Waals surface area contributed by atoms with Crippen LogP contribution in [0.15, 0.2) is 18.2 Å². The first-order valence-corrected chi connectivity index (χ1v) is 6.33. The zero-order valence-corrected chi connectivity index (χ0v) is 10.7. The molecule has 0 N–H and O–H groups in total. The number of rotatable bonds is 2. The molecule has 2 fully saturated rings. The molecule has 2 heterocycles. The van der Waals surface area contributed by atoms with Crippen molar-refractivity contribution in [1.82, 2.24) is 0 Å². The topological polar surface area (TPSA) is 25.0 Å². The summed E-state index contributed by atoms with van der Waals surface area (Å²) in [6.45, 7) is 3.04. The first-order chi connectivity index (χ1) is 8.22. The van der Waals surface area contributed by atoms with Gasteiger partial charge in [0.2, 0.25) is 0 Å². The molecule has 0 atom stereocenters. The lowest BCUT2D eigenvalue weighted by molar-refractivity contribution is 0.258. The quantitative estimate of drug-likeness (QED) is 0.758. The highest BCUT2D eigenvalue weighted by Gasteiger charge is 2.46. The standard InChI is InChI=1S/C13H16ClNO2/c1-16-12-8-10(2-3-11(12)14)15-6-4-13(5-7-15)9-17-13/h2-3,8H,4-7,9H2,1H3. The van der Waals surface area contributed by atoms with E-state index in [1.165, 1.54) is 5.69 Å². The van der Waals surface area contributed by atoms with Crippen molar-refractivity contribution in [3.8, 4) is 5.75 Å². The molecule has 92 valence electrons. The van der Waals surface area contributed by atoms with Gasteiger partial charge in [0.05, 0.1) is 24.3 Å². The molecule has 0 amide bonds. The second-order valence-electron chi connectivity index (χ2n) is 4.78. The van der Waals surface area contributed by atoms with Gasteiger partial charge in [-0.1, -0.05) is 11.6 Å². The lowest BCUT2D eigenvalue weighted by Crippen LogP contribution is -2.37. The minimum absolute atomic E-state index is 0.229. The van der Waals surface area contributed by atoms with Gasteiger partial charge in [0.25, 0.3) is 0 Å². The molecule has 0 unspecified atom stereocenters. The summed E-state index contributed by atoms with van der Waals surface area (Å²) < 4.78 is 10.8. The van der Waals surface area contributed by atoms with Crippen molar-refractivity contribution in [2.24, 2.45) is 0 Å². The Labute approximate surface area is 106 Å². The van der Waals surface area contributed by atoms with Crippen molar-refractivity contribution >= 4 is 17.3 Å². The van der Waals surface area contributed by atoms with E-state index in [1.807, 2.05) is 12.1 Å². The maximum atomic E-state index is 6.03. The van der Waals surface area contributed by atoms with E-state index in [4.69, 9.17) is 21.1 Å². The molecule has 0 aliphatic carbocycles. The Bertz CT molecular complexity index is 421. The summed E-state index contributed by atoms with van der Waals surface area (Å²) in [6, 6.07) is 5.96. The maximum absolute atomic E-state index is 6.03. The summed E-state index contributed by atoms with van der Waals surface area (Å²) in [5.74, 6) is 0.743. The normalized spacial score (nSPS) is 21.6. The molecular formula is C13H16ClNO2. The van der Waals surface area contributed by atoms with Gasteiger partial charge in [-0.3, -0.25) is 0 Å². The van der Waals surface area contributed by atoms with Crippen LogP contribution in [-0.4, -0.2) is 32.4 Å². The van der Waals surface area contributed by atoms with Crippen molar-refractivity contribution in [2.45, 2.75) is 18.4 Å². The largest absolute Gasteiger partial charge is 0.495 e. The molecular weight excluding hydrogens is 238 g/mol. The van der Waals surface area contributed by atoms with E-state index >= 15 is 0 Å². The fourth-order valence-corrected chi connectivity index (χ4v) is 2.60. The predicted octanol–water partition coefficient (Wildman–Crippen LogP) is 2.72. The number of epoxide rings is 1. The number of nitrogens with zero attached hydrogens (tertiary/aromatic N) is 1. The average molecular weight is 254 g/mol. The van der Waals surface area contributed by atoms with Gasteiger partial charge in [-0.05, 0) is 25.0 Å². The minimum Gasteiger partial charge on any atom is -0.495 e. The van der Waals surface area contributed by atoms with Crippen molar-refractivity contribution in [3.63, 3.8) is 0 Å². The molecule has 17 heavy (non-hydrogen) atoms. The van der Waals surface area contributed by atoms with Crippen LogP contribution >= 0.6 is 11.6 Å². The van der Waals surface area contributed by atoms with Crippen LogP contribution in [0.5, 0.6) is 5.75 Å². The highest BCUT2D eigenvalue weighted by atomic mass is 35.5. The van der Waals surface area contributed by atoms with Crippen LogP contribution < -0.4 is 9.64 Å². The Hall–Kier alpha value is -0.930. The van der Waals surface area contributed by atoms with Crippen LogP contribution in [-0.2, 0) is 4.74 Å². The highest BCUT2D eigenvalue weighted by Crippen LogP contribution is 2.39. The number of anilines is 1. The number of hydrogen-bond donors (Lipinski definition) is 0. The number of piperidine rings is 1. The van der Waals surface area contributed by atoms with Crippen molar-refractivity contribution < 1.29 is 9.47 Å². The van der Waals surface area contributed by atoms with Crippen molar-refractivity contribution in [1.29, 1.82) is 0 Å². The third-order valence-corrected chi connectivity index (χ3v) is 4.04. The fourth-order valence-electron chi connectivity index (χ4n) is 2.41. The molecule has 4 heteroatoms. The Morgan fingerprint density at radius 1 is 1.35 bits per heavy atom. The van der Waals surface area contributed by atoms with E-state index < -0.39 is 0 Å². The summed E-state index contributed by atoms with van der Waals surface area (Å²) in [6.07, 6.45) is 2.25. The molecule has 2 saturated heterocycles. The number of ether oxygens (including phenoxy) is 2. The zero-order chi connectivity index (χ0) is 11.9. The first kappa shape index (κ1) is 11.2. The van der Waals surface area contributed by atoms with Gasteiger partial charge in [0, 0.05) is 24.8 Å². The van der Waals surface area contributed by atoms with Crippen LogP contribution in [0.3, 0.4) is 0 Å². The van der Waals surface area contributed by atoms with E-state index in [9.17, 15) is 0 Å². The van der Waals surface area contributed by atoms with Crippen molar-refractivity contribution in [3.05, 3.63) is 23.2 Å². The summed E-state index contributed by atoms with van der Waals surface area (Å²) in [4.78, 5) is 2.37. The smallest absolute Gasteiger partial charge is 0.139 e. The molecule has 1 aromatic carbocycles. The zero-order valence-electron chi connectivity index (χ0n) is 9.91. The van der Waals surface area contributed by atoms with Crippen LogP contribution in [0.2, 0.25) is 5.02 Å². The predicted molar refractivity (Wildman–Crippen MR) is 68.1 cm³/mol.